The van der Waals surface area contributed by atoms with Gasteiger partial charge in [-0.3, -0.25) is 0 Å². The van der Waals surface area contributed by atoms with Crippen molar-refractivity contribution in [2.24, 2.45) is 0 Å². The van der Waals surface area contributed by atoms with Crippen LogP contribution in [-0.4, -0.2) is 0 Å². The zero-order valence-corrected chi connectivity index (χ0v) is 10.4. The van der Waals surface area contributed by atoms with Crippen LogP contribution in [0.4, 0.5) is 0 Å². The van der Waals surface area contributed by atoms with Crippen LogP contribution in [0.15, 0.2) is 36.4 Å². The van der Waals surface area contributed by atoms with Gasteiger partial charge in [-0.25, -0.2) is 0 Å². The third-order valence-electron chi connectivity index (χ3n) is 4.21. The molecule has 0 spiro atoms. The molecule has 0 nitrogen and oxygen atoms in total. The molecule has 0 N–H and O–H groups in total. The molecule has 0 saturated heterocycles. The average Bonchev–Trinajstić information content (AvgIpc) is 2.46. The first-order valence-electron chi connectivity index (χ1n) is 6.84. The number of aryl methyl sites for hydroxylation is 2. The third-order valence-corrected chi connectivity index (χ3v) is 4.21. The summed E-state index contributed by atoms with van der Waals surface area (Å²) in [6.07, 6.45) is 13.9. The van der Waals surface area contributed by atoms with E-state index in [0.717, 1.165) is 0 Å². The molecule has 2 aromatic rings. The van der Waals surface area contributed by atoms with Crippen LogP contribution in [-0.2, 0) is 12.8 Å². The second kappa shape index (κ2) is 3.84. The van der Waals surface area contributed by atoms with Gasteiger partial charge in [-0.05, 0) is 58.7 Å². The SMILES string of the molecule is C1=Cc2ccc3c4c(ccc3c2CC1)C=CCC4. The maximum atomic E-state index is 2.32. The fourth-order valence-corrected chi connectivity index (χ4v) is 3.31. The van der Waals surface area contributed by atoms with Gasteiger partial charge in [-0.2, -0.15) is 0 Å². The summed E-state index contributed by atoms with van der Waals surface area (Å²) in [4.78, 5) is 0. The van der Waals surface area contributed by atoms with Crippen molar-refractivity contribution >= 4 is 22.9 Å². The molecule has 4 rings (SSSR count). The molecule has 0 aromatic heterocycles. The number of rotatable bonds is 0. The molecule has 0 bridgehead atoms. The van der Waals surface area contributed by atoms with E-state index >= 15 is 0 Å². The highest BCUT2D eigenvalue weighted by molar-refractivity contribution is 5.94. The molecule has 2 aliphatic carbocycles. The van der Waals surface area contributed by atoms with Gasteiger partial charge in [0.05, 0.1) is 0 Å². The minimum atomic E-state index is 1.18. The summed E-state index contributed by atoms with van der Waals surface area (Å²) in [6, 6.07) is 9.24. The third kappa shape index (κ3) is 1.38. The zero-order valence-electron chi connectivity index (χ0n) is 10.4. The highest BCUT2D eigenvalue weighted by Crippen LogP contribution is 2.33. The van der Waals surface area contributed by atoms with Crippen molar-refractivity contribution in [3.63, 3.8) is 0 Å². The minimum absolute atomic E-state index is 1.18. The van der Waals surface area contributed by atoms with E-state index in [9.17, 15) is 0 Å². The van der Waals surface area contributed by atoms with Crippen molar-refractivity contribution in [3.05, 3.63) is 58.7 Å². The number of fused-ring (bicyclic) bond motifs is 5. The molecule has 0 saturated carbocycles. The predicted molar refractivity (Wildman–Crippen MR) is 78.7 cm³/mol. The Balaban J connectivity index is 2.08. The molecule has 0 unspecified atom stereocenters. The van der Waals surface area contributed by atoms with Crippen LogP contribution >= 0.6 is 0 Å². The molecule has 0 radical (unpaired) electrons. The first-order valence-corrected chi connectivity index (χ1v) is 6.84. The van der Waals surface area contributed by atoms with Crippen LogP contribution < -0.4 is 0 Å². The van der Waals surface area contributed by atoms with E-state index in [4.69, 9.17) is 0 Å². The van der Waals surface area contributed by atoms with Crippen molar-refractivity contribution in [3.8, 4) is 0 Å². The van der Waals surface area contributed by atoms with E-state index in [-0.39, 0.29) is 0 Å². The van der Waals surface area contributed by atoms with Crippen LogP contribution in [0.25, 0.3) is 22.9 Å². The Morgan fingerprint density at radius 2 is 1.11 bits per heavy atom. The topological polar surface area (TPSA) is 0 Å². The number of hydrogen-bond donors (Lipinski definition) is 0. The van der Waals surface area contributed by atoms with Gasteiger partial charge in [0.1, 0.15) is 0 Å². The lowest BCUT2D eigenvalue weighted by Crippen LogP contribution is -2.00. The molecule has 0 heteroatoms. The smallest absolute Gasteiger partial charge is 0.0143 e. The van der Waals surface area contributed by atoms with Gasteiger partial charge in [0.25, 0.3) is 0 Å². The fourth-order valence-electron chi connectivity index (χ4n) is 3.31. The lowest BCUT2D eigenvalue weighted by molar-refractivity contribution is 0.986. The lowest BCUT2D eigenvalue weighted by atomic mass is 9.86. The maximum absolute atomic E-state index is 2.32. The van der Waals surface area contributed by atoms with Crippen LogP contribution in [0.1, 0.15) is 35.1 Å². The van der Waals surface area contributed by atoms with Gasteiger partial charge < -0.3 is 0 Å². The number of benzene rings is 2. The summed E-state index contributed by atoms with van der Waals surface area (Å²) < 4.78 is 0. The summed E-state index contributed by atoms with van der Waals surface area (Å²) in [6.45, 7) is 0. The highest BCUT2D eigenvalue weighted by atomic mass is 14.2. The van der Waals surface area contributed by atoms with Crippen molar-refractivity contribution in [2.45, 2.75) is 25.7 Å². The molecule has 2 aliphatic rings. The Kier molecular flexibility index (Phi) is 2.16. The van der Waals surface area contributed by atoms with E-state index in [1.165, 1.54) is 47.6 Å². The summed E-state index contributed by atoms with van der Waals surface area (Å²) in [5.74, 6) is 0. The van der Waals surface area contributed by atoms with Gasteiger partial charge in [0, 0.05) is 0 Å². The van der Waals surface area contributed by atoms with Crippen LogP contribution in [0.3, 0.4) is 0 Å². The van der Waals surface area contributed by atoms with E-state index in [1.807, 2.05) is 0 Å². The molecule has 18 heavy (non-hydrogen) atoms. The number of allylic oxidation sites excluding steroid dienone is 2. The monoisotopic (exact) mass is 232 g/mol. The molecule has 0 heterocycles. The van der Waals surface area contributed by atoms with E-state index in [1.54, 1.807) is 11.1 Å². The minimum Gasteiger partial charge on any atom is -0.0836 e. The van der Waals surface area contributed by atoms with Gasteiger partial charge >= 0.3 is 0 Å². The van der Waals surface area contributed by atoms with Crippen molar-refractivity contribution in [1.82, 2.24) is 0 Å². The average molecular weight is 232 g/mol. The fraction of sp³-hybridized carbons (Fsp3) is 0.222. The first-order chi connectivity index (χ1) is 8.93. The summed E-state index contributed by atoms with van der Waals surface area (Å²) in [5.41, 5.74) is 5.93. The quantitative estimate of drug-likeness (QED) is 0.614. The van der Waals surface area contributed by atoms with E-state index < -0.39 is 0 Å². The Morgan fingerprint density at radius 1 is 0.611 bits per heavy atom. The van der Waals surface area contributed by atoms with Crippen LogP contribution in [0.5, 0.6) is 0 Å². The predicted octanol–water partition coefficient (Wildman–Crippen LogP) is 4.76. The normalized spacial score (nSPS) is 16.7. The Labute approximate surface area is 108 Å². The summed E-state index contributed by atoms with van der Waals surface area (Å²) in [7, 11) is 0. The number of hydrogen-bond acceptors (Lipinski definition) is 0. The first kappa shape index (κ1) is 10.1. The van der Waals surface area contributed by atoms with Crippen molar-refractivity contribution in [2.75, 3.05) is 0 Å². The van der Waals surface area contributed by atoms with Crippen molar-refractivity contribution in [1.29, 1.82) is 0 Å². The van der Waals surface area contributed by atoms with Crippen LogP contribution in [0.2, 0.25) is 0 Å². The van der Waals surface area contributed by atoms with Crippen molar-refractivity contribution < 1.29 is 0 Å². The Hall–Kier alpha value is -1.82. The van der Waals surface area contributed by atoms with Gasteiger partial charge in [0.15, 0.2) is 0 Å². The maximum Gasteiger partial charge on any atom is -0.0143 e. The zero-order chi connectivity index (χ0) is 11.9. The summed E-state index contributed by atoms with van der Waals surface area (Å²) in [5, 5.41) is 2.96. The molecule has 0 aliphatic heterocycles. The molecule has 0 amide bonds. The molecule has 0 atom stereocenters. The standard InChI is InChI=1S/C18H16/c1-3-7-15-13(5-1)9-11-18-16-8-4-2-6-14(16)10-12-17(15)18/h1-2,5-6,9-12H,3-4,7-8H2. The second-order valence-corrected chi connectivity index (χ2v) is 5.24. The van der Waals surface area contributed by atoms with E-state index in [0.29, 0.717) is 0 Å². The second-order valence-electron chi connectivity index (χ2n) is 5.24. The van der Waals surface area contributed by atoms with Gasteiger partial charge in [-0.15, -0.1) is 0 Å². The molecule has 88 valence electrons. The summed E-state index contributed by atoms with van der Waals surface area (Å²) >= 11 is 0. The Bertz CT molecular complexity index is 625. The highest BCUT2D eigenvalue weighted by Gasteiger charge is 2.13. The molecular formula is C18H16. The van der Waals surface area contributed by atoms with Gasteiger partial charge in [-0.1, -0.05) is 48.6 Å². The lowest BCUT2D eigenvalue weighted by Gasteiger charge is -2.18. The van der Waals surface area contributed by atoms with Gasteiger partial charge in [0.2, 0.25) is 0 Å². The largest absolute Gasteiger partial charge is 0.0836 e. The Morgan fingerprint density at radius 3 is 1.61 bits per heavy atom. The molecule has 0 fully saturated rings. The molecule has 2 aromatic carbocycles. The molecular weight excluding hydrogens is 216 g/mol. The van der Waals surface area contributed by atoms with E-state index in [2.05, 4.69) is 48.6 Å². The van der Waals surface area contributed by atoms with Crippen LogP contribution in [0, 0.1) is 0 Å².